The number of phosphoric ester groups is 1. The quantitative estimate of drug-likeness (QED) is 0.0199. The van der Waals surface area contributed by atoms with Crippen molar-refractivity contribution < 1.29 is 52.9 Å². The third-order valence-corrected chi connectivity index (χ3v) is 12.7. The van der Waals surface area contributed by atoms with Crippen molar-refractivity contribution in [2.24, 2.45) is 17.8 Å². The third-order valence-electron chi connectivity index (χ3n) is 12.2. The van der Waals surface area contributed by atoms with Gasteiger partial charge in [0.05, 0.1) is 18.8 Å². The second-order valence-electron chi connectivity index (χ2n) is 17.8. The molecule has 352 valence electrons. The van der Waals surface area contributed by atoms with E-state index < -0.39 is 50.6 Å². The van der Waals surface area contributed by atoms with Gasteiger partial charge in [0, 0.05) is 25.2 Å². The predicted octanol–water partition coefficient (Wildman–Crippen LogP) is 11.8. The van der Waals surface area contributed by atoms with Gasteiger partial charge in [-0.25, -0.2) is 4.57 Å². The molecule has 1 saturated carbocycles. The van der Waals surface area contributed by atoms with Gasteiger partial charge in [-0.3, -0.25) is 18.9 Å². The van der Waals surface area contributed by atoms with Crippen LogP contribution in [0.25, 0.3) is 0 Å². The number of rotatable bonds is 41. The van der Waals surface area contributed by atoms with Gasteiger partial charge < -0.3 is 29.5 Å². The molecule has 0 aliphatic heterocycles. The highest BCUT2D eigenvalue weighted by Gasteiger charge is 2.39. The lowest BCUT2D eigenvalue weighted by atomic mass is 9.88. The number of Topliss-reactive ketones (excluding diaryl/α,β-unsaturated/α-hetero) is 1. The molecular formula is C48H89O11P. The van der Waals surface area contributed by atoms with E-state index in [0.717, 1.165) is 57.3 Å². The van der Waals surface area contributed by atoms with Crippen LogP contribution in [0.2, 0.25) is 0 Å². The Morgan fingerprint density at radius 2 is 1.18 bits per heavy atom. The lowest BCUT2D eigenvalue weighted by Gasteiger charge is -2.19. The van der Waals surface area contributed by atoms with E-state index in [1.54, 1.807) is 12.2 Å². The van der Waals surface area contributed by atoms with Crippen LogP contribution in [0.4, 0.5) is 0 Å². The minimum atomic E-state index is -4.82. The number of aliphatic hydroxyl groups is 2. The maximum atomic E-state index is 12.6. The van der Waals surface area contributed by atoms with Crippen molar-refractivity contribution in [2.45, 2.75) is 245 Å². The molecule has 0 spiro atoms. The summed E-state index contributed by atoms with van der Waals surface area (Å²) in [5, 5.41) is 20.7. The van der Waals surface area contributed by atoms with Gasteiger partial charge in [-0.1, -0.05) is 193 Å². The van der Waals surface area contributed by atoms with Crippen LogP contribution in [0, 0.1) is 17.8 Å². The smallest absolute Gasteiger partial charge is 0.462 e. The average molecular weight is 873 g/mol. The molecule has 0 bridgehead atoms. The summed E-state index contributed by atoms with van der Waals surface area (Å²) in [4.78, 5) is 55.8. The SMILES string of the molecule is CCCCC[C@H](O)/C=C/[C@H]1C(=O)C[C@H](O)[C@@H]1CCCCCCC(=O)O[C@H](COC(=O)CCCCCCCCCCCCCCCCCCCCC(C)CC)COP(=O)(O)O. The predicted molar refractivity (Wildman–Crippen MR) is 240 cm³/mol. The largest absolute Gasteiger partial charge is 0.469 e. The van der Waals surface area contributed by atoms with E-state index in [4.69, 9.17) is 19.3 Å². The monoisotopic (exact) mass is 873 g/mol. The van der Waals surface area contributed by atoms with Gasteiger partial charge in [-0.05, 0) is 37.5 Å². The van der Waals surface area contributed by atoms with Crippen LogP contribution in [0.15, 0.2) is 12.2 Å². The molecule has 1 rings (SSSR count). The molecule has 0 aromatic carbocycles. The Morgan fingerprint density at radius 1 is 0.700 bits per heavy atom. The van der Waals surface area contributed by atoms with Crippen molar-refractivity contribution in [2.75, 3.05) is 13.2 Å². The van der Waals surface area contributed by atoms with E-state index in [2.05, 4.69) is 25.3 Å². The van der Waals surface area contributed by atoms with Crippen molar-refractivity contribution in [1.82, 2.24) is 0 Å². The lowest BCUT2D eigenvalue weighted by Crippen LogP contribution is -2.29. The van der Waals surface area contributed by atoms with Gasteiger partial charge in [0.25, 0.3) is 0 Å². The minimum Gasteiger partial charge on any atom is -0.462 e. The minimum absolute atomic E-state index is 0.00358. The Bertz CT molecular complexity index is 1160. The molecule has 0 heterocycles. The van der Waals surface area contributed by atoms with Gasteiger partial charge in [-0.15, -0.1) is 0 Å². The van der Waals surface area contributed by atoms with Crippen LogP contribution in [0.1, 0.15) is 226 Å². The fourth-order valence-electron chi connectivity index (χ4n) is 8.14. The molecule has 0 aromatic rings. The van der Waals surface area contributed by atoms with Crippen molar-refractivity contribution in [3.8, 4) is 0 Å². The third kappa shape index (κ3) is 32.1. The van der Waals surface area contributed by atoms with Gasteiger partial charge in [0.1, 0.15) is 12.4 Å². The van der Waals surface area contributed by atoms with Gasteiger partial charge in [0.2, 0.25) is 0 Å². The van der Waals surface area contributed by atoms with Gasteiger partial charge in [-0.2, -0.15) is 0 Å². The van der Waals surface area contributed by atoms with E-state index in [0.29, 0.717) is 32.1 Å². The van der Waals surface area contributed by atoms with E-state index in [9.17, 15) is 29.2 Å². The van der Waals surface area contributed by atoms with E-state index >= 15 is 0 Å². The molecule has 1 fully saturated rings. The number of ether oxygens (including phenoxy) is 2. The molecule has 1 aliphatic carbocycles. The summed E-state index contributed by atoms with van der Waals surface area (Å²) in [6, 6.07) is 0. The second-order valence-corrected chi connectivity index (χ2v) is 19.1. The molecule has 0 aromatic heterocycles. The highest BCUT2D eigenvalue weighted by atomic mass is 31.2. The Kier molecular flexibility index (Phi) is 34.6. The number of hydrogen-bond donors (Lipinski definition) is 4. The maximum Gasteiger partial charge on any atom is 0.469 e. The zero-order valence-corrected chi connectivity index (χ0v) is 39.1. The van der Waals surface area contributed by atoms with Crippen LogP contribution in [-0.2, 0) is 32.9 Å². The Balaban J connectivity index is 2.15. The molecular weight excluding hydrogens is 783 g/mol. The summed E-state index contributed by atoms with van der Waals surface area (Å²) in [7, 11) is -4.82. The first-order valence-electron chi connectivity index (χ1n) is 24.5. The zero-order valence-electron chi connectivity index (χ0n) is 38.3. The highest BCUT2D eigenvalue weighted by Crippen LogP contribution is 2.36. The fraction of sp³-hybridized carbons (Fsp3) is 0.896. The maximum absolute atomic E-state index is 12.6. The number of phosphoric acid groups is 1. The number of hydrogen-bond acceptors (Lipinski definition) is 9. The van der Waals surface area contributed by atoms with Crippen molar-refractivity contribution >= 4 is 25.5 Å². The van der Waals surface area contributed by atoms with Gasteiger partial charge >= 0.3 is 19.8 Å². The molecule has 6 atom stereocenters. The molecule has 12 heteroatoms. The number of carbonyl (C=O) groups excluding carboxylic acids is 3. The number of esters is 2. The average Bonchev–Trinajstić information content (AvgIpc) is 3.48. The topological polar surface area (TPSA) is 177 Å². The number of unbranched alkanes of at least 4 members (excludes halogenated alkanes) is 22. The van der Waals surface area contributed by atoms with E-state index in [1.807, 2.05) is 0 Å². The summed E-state index contributed by atoms with van der Waals surface area (Å²) in [6.07, 6.45) is 34.1. The Labute approximate surface area is 365 Å². The number of aliphatic hydroxyl groups excluding tert-OH is 2. The zero-order chi connectivity index (χ0) is 44.3. The molecule has 4 N–H and O–H groups in total. The van der Waals surface area contributed by atoms with Crippen LogP contribution >= 0.6 is 7.82 Å². The summed E-state index contributed by atoms with van der Waals surface area (Å²) in [5.74, 6) is -0.733. The van der Waals surface area contributed by atoms with Crippen LogP contribution < -0.4 is 0 Å². The van der Waals surface area contributed by atoms with Crippen LogP contribution in [0.3, 0.4) is 0 Å². The molecule has 0 saturated heterocycles. The first-order chi connectivity index (χ1) is 28.9. The molecule has 1 aliphatic rings. The molecule has 0 amide bonds. The molecule has 1 unspecified atom stereocenters. The molecule has 60 heavy (non-hydrogen) atoms. The summed E-state index contributed by atoms with van der Waals surface area (Å²) in [5.41, 5.74) is 0. The Morgan fingerprint density at radius 3 is 1.70 bits per heavy atom. The second kappa shape index (κ2) is 36.8. The Hall–Kier alpha value is -1.62. The highest BCUT2D eigenvalue weighted by molar-refractivity contribution is 7.46. The first-order valence-corrected chi connectivity index (χ1v) is 26.0. The number of ketones is 1. The van der Waals surface area contributed by atoms with Crippen molar-refractivity contribution in [3.63, 3.8) is 0 Å². The fourth-order valence-corrected chi connectivity index (χ4v) is 8.50. The number of carbonyl (C=O) groups is 3. The van der Waals surface area contributed by atoms with Crippen molar-refractivity contribution in [3.05, 3.63) is 12.2 Å². The summed E-state index contributed by atoms with van der Waals surface area (Å²) in [6.45, 7) is 5.81. The van der Waals surface area contributed by atoms with E-state index in [1.165, 1.54) is 103 Å². The summed E-state index contributed by atoms with van der Waals surface area (Å²) < 4.78 is 26.5. The van der Waals surface area contributed by atoms with E-state index in [-0.39, 0.29) is 37.6 Å². The van der Waals surface area contributed by atoms with Crippen LogP contribution in [0.5, 0.6) is 0 Å². The number of allylic oxidation sites excluding steroid dienone is 1. The van der Waals surface area contributed by atoms with Gasteiger partial charge in [0.15, 0.2) is 6.10 Å². The normalized spacial score (nSPS) is 18.6. The summed E-state index contributed by atoms with van der Waals surface area (Å²) >= 11 is 0. The molecule has 11 nitrogen and oxygen atoms in total. The van der Waals surface area contributed by atoms with Crippen molar-refractivity contribution in [1.29, 1.82) is 0 Å². The van der Waals surface area contributed by atoms with Crippen LogP contribution in [-0.4, -0.2) is 69.2 Å². The molecule has 0 radical (unpaired) electrons. The standard InChI is InChI=1S/C48H89O11P/c1-4-6-25-31-41(49)35-36-44-43(45(50)37-46(44)51)32-27-23-24-29-34-48(53)59-42(39-58-60(54,55)56)38-57-47(52)33-28-22-20-18-16-14-12-10-8-7-9-11-13-15-17-19-21-26-30-40(3)5-2/h35-36,40-45,49-50H,4-34,37-39H2,1-3H3,(H2,54,55,56)/b36-35+/t40?,41-,42+,43+,44+,45-/m0/s1. The lowest BCUT2D eigenvalue weighted by molar-refractivity contribution is -0.161. The first kappa shape index (κ1) is 56.4.